The number of phenols is 1. The number of hydrogen-bond acceptors (Lipinski definition) is 4. The molecular formula is C16H21BrN2OS. The summed E-state index contributed by atoms with van der Waals surface area (Å²) in [4.78, 5) is 5.76. The molecule has 2 rings (SSSR count). The van der Waals surface area contributed by atoms with Crippen molar-refractivity contribution in [3.8, 4) is 5.75 Å². The van der Waals surface area contributed by atoms with Crippen LogP contribution in [0.15, 0.2) is 22.7 Å². The lowest BCUT2D eigenvalue weighted by atomic mass is 10.0. The third-order valence-corrected chi connectivity index (χ3v) is 5.31. The molecule has 0 aliphatic heterocycles. The zero-order valence-corrected chi connectivity index (χ0v) is 15.2. The van der Waals surface area contributed by atoms with Gasteiger partial charge in [-0.05, 0) is 45.4 Å². The quantitative estimate of drug-likeness (QED) is 0.777. The number of benzene rings is 1. The first-order chi connectivity index (χ1) is 9.92. The lowest BCUT2D eigenvalue weighted by Gasteiger charge is -2.23. The van der Waals surface area contributed by atoms with Crippen molar-refractivity contribution in [2.45, 2.75) is 46.2 Å². The topological polar surface area (TPSA) is 45.2 Å². The highest BCUT2D eigenvalue weighted by atomic mass is 79.9. The Balaban J connectivity index is 2.22. The minimum atomic E-state index is 0.110. The van der Waals surface area contributed by atoms with Crippen molar-refractivity contribution >= 4 is 27.3 Å². The van der Waals surface area contributed by atoms with Gasteiger partial charge in [0.2, 0.25) is 0 Å². The number of halogens is 1. The lowest BCUT2D eigenvalue weighted by Crippen LogP contribution is -2.24. The van der Waals surface area contributed by atoms with Crippen molar-refractivity contribution in [1.29, 1.82) is 0 Å². The van der Waals surface area contributed by atoms with Crippen LogP contribution in [0.25, 0.3) is 0 Å². The van der Waals surface area contributed by atoms with Gasteiger partial charge in [0.25, 0.3) is 0 Å². The molecule has 2 atom stereocenters. The summed E-state index contributed by atoms with van der Waals surface area (Å²) < 4.78 is 0.980. The van der Waals surface area contributed by atoms with Crippen LogP contribution in [0.3, 0.4) is 0 Å². The normalized spacial score (nSPS) is 14.1. The van der Waals surface area contributed by atoms with E-state index in [0.717, 1.165) is 27.2 Å². The highest BCUT2D eigenvalue weighted by Gasteiger charge is 2.19. The standard InChI is InChI=1S/C16H21BrN2OS/c1-5-14(13-8-12(17)6-7-15(13)20)19-10(3)16-9(2)18-11(4)21-16/h6-8,10,14,19-20H,5H2,1-4H3. The first-order valence-corrected chi connectivity index (χ1v) is 8.71. The summed E-state index contributed by atoms with van der Waals surface area (Å²) in [5, 5.41) is 14.8. The van der Waals surface area contributed by atoms with Crippen LogP contribution in [0, 0.1) is 13.8 Å². The minimum absolute atomic E-state index is 0.110. The minimum Gasteiger partial charge on any atom is -0.508 e. The molecule has 114 valence electrons. The predicted octanol–water partition coefficient (Wildman–Crippen LogP) is 5.03. The molecule has 0 fully saturated rings. The summed E-state index contributed by atoms with van der Waals surface area (Å²) in [6.45, 7) is 8.35. The van der Waals surface area contributed by atoms with Crippen molar-refractivity contribution < 1.29 is 5.11 Å². The van der Waals surface area contributed by atoms with Crippen LogP contribution in [0.5, 0.6) is 5.75 Å². The number of aromatic hydroxyl groups is 1. The van der Waals surface area contributed by atoms with Gasteiger partial charge in [-0.3, -0.25) is 0 Å². The summed E-state index contributed by atoms with van der Waals surface area (Å²) in [5.74, 6) is 0.335. The van der Waals surface area contributed by atoms with Gasteiger partial charge in [0.05, 0.1) is 10.7 Å². The van der Waals surface area contributed by atoms with E-state index in [-0.39, 0.29) is 12.1 Å². The van der Waals surface area contributed by atoms with Gasteiger partial charge in [-0.15, -0.1) is 11.3 Å². The molecule has 0 radical (unpaired) electrons. The molecule has 3 nitrogen and oxygen atoms in total. The number of phenolic OH excluding ortho intramolecular Hbond substituents is 1. The Morgan fingerprint density at radius 2 is 2.10 bits per heavy atom. The summed E-state index contributed by atoms with van der Waals surface area (Å²) >= 11 is 5.21. The molecule has 0 saturated heterocycles. The summed E-state index contributed by atoms with van der Waals surface area (Å²) in [7, 11) is 0. The van der Waals surface area contributed by atoms with E-state index >= 15 is 0 Å². The third-order valence-electron chi connectivity index (χ3n) is 3.56. The average Bonchev–Trinajstić information content (AvgIpc) is 2.78. The Bertz CT molecular complexity index is 627. The molecule has 1 aromatic heterocycles. The van der Waals surface area contributed by atoms with Gasteiger partial charge in [-0.2, -0.15) is 0 Å². The van der Waals surface area contributed by atoms with Crippen molar-refractivity contribution in [3.63, 3.8) is 0 Å². The summed E-state index contributed by atoms with van der Waals surface area (Å²) in [6.07, 6.45) is 0.908. The lowest BCUT2D eigenvalue weighted by molar-refractivity contribution is 0.420. The van der Waals surface area contributed by atoms with E-state index < -0.39 is 0 Å². The number of aryl methyl sites for hydroxylation is 2. The number of hydrogen-bond donors (Lipinski definition) is 2. The molecule has 2 unspecified atom stereocenters. The van der Waals surface area contributed by atoms with Crippen LogP contribution in [0.2, 0.25) is 0 Å². The monoisotopic (exact) mass is 368 g/mol. The molecule has 0 aliphatic rings. The van der Waals surface area contributed by atoms with Gasteiger partial charge in [0, 0.05) is 27.0 Å². The van der Waals surface area contributed by atoms with Gasteiger partial charge in [0.15, 0.2) is 0 Å². The molecule has 2 N–H and O–H groups in total. The first kappa shape index (κ1) is 16.5. The zero-order valence-electron chi connectivity index (χ0n) is 12.8. The van der Waals surface area contributed by atoms with E-state index in [2.05, 4.69) is 47.0 Å². The second-order valence-corrected chi connectivity index (χ2v) is 7.39. The van der Waals surface area contributed by atoms with E-state index in [1.54, 1.807) is 17.4 Å². The number of nitrogens with one attached hydrogen (secondary N) is 1. The number of rotatable bonds is 5. The highest BCUT2D eigenvalue weighted by molar-refractivity contribution is 9.10. The number of aromatic nitrogens is 1. The Kier molecular flexibility index (Phi) is 5.41. The third kappa shape index (κ3) is 3.84. The van der Waals surface area contributed by atoms with Crippen molar-refractivity contribution in [1.82, 2.24) is 10.3 Å². The number of thiazole rings is 1. The maximum atomic E-state index is 10.1. The Morgan fingerprint density at radius 3 is 2.67 bits per heavy atom. The fourth-order valence-electron chi connectivity index (χ4n) is 2.56. The molecule has 5 heteroatoms. The SMILES string of the molecule is CCC(NC(C)c1sc(C)nc1C)c1cc(Br)ccc1O. The molecular weight excluding hydrogens is 348 g/mol. The van der Waals surface area contributed by atoms with Crippen LogP contribution in [0.4, 0.5) is 0 Å². The van der Waals surface area contributed by atoms with Gasteiger partial charge >= 0.3 is 0 Å². The van der Waals surface area contributed by atoms with Crippen LogP contribution >= 0.6 is 27.3 Å². The molecule has 21 heavy (non-hydrogen) atoms. The molecule has 0 amide bonds. The molecule has 0 spiro atoms. The average molecular weight is 369 g/mol. The van der Waals surface area contributed by atoms with Gasteiger partial charge in [0.1, 0.15) is 5.75 Å². The van der Waals surface area contributed by atoms with Gasteiger partial charge in [-0.25, -0.2) is 4.98 Å². The van der Waals surface area contributed by atoms with Crippen LogP contribution < -0.4 is 5.32 Å². The fourth-order valence-corrected chi connectivity index (χ4v) is 3.88. The van der Waals surface area contributed by atoms with E-state index in [9.17, 15) is 5.11 Å². The maximum absolute atomic E-state index is 10.1. The van der Waals surface area contributed by atoms with E-state index in [1.807, 2.05) is 19.1 Å². The highest BCUT2D eigenvalue weighted by Crippen LogP contribution is 2.32. The van der Waals surface area contributed by atoms with Gasteiger partial charge < -0.3 is 10.4 Å². The predicted molar refractivity (Wildman–Crippen MR) is 92.0 cm³/mol. The Morgan fingerprint density at radius 1 is 1.38 bits per heavy atom. The van der Waals surface area contributed by atoms with Crippen molar-refractivity contribution in [3.05, 3.63) is 43.8 Å². The molecule has 0 bridgehead atoms. The molecule has 0 aliphatic carbocycles. The van der Waals surface area contributed by atoms with Crippen LogP contribution in [0.1, 0.15) is 53.5 Å². The number of nitrogens with zero attached hydrogens (tertiary/aromatic N) is 1. The van der Waals surface area contributed by atoms with Crippen LogP contribution in [-0.2, 0) is 0 Å². The molecule has 1 aromatic carbocycles. The van der Waals surface area contributed by atoms with E-state index in [0.29, 0.717) is 5.75 Å². The Hall–Kier alpha value is -0.910. The largest absolute Gasteiger partial charge is 0.508 e. The fraction of sp³-hybridized carbons (Fsp3) is 0.438. The van der Waals surface area contributed by atoms with E-state index in [1.165, 1.54) is 4.88 Å². The molecule has 2 aromatic rings. The van der Waals surface area contributed by atoms with E-state index in [4.69, 9.17) is 0 Å². The Labute approximate surface area is 138 Å². The van der Waals surface area contributed by atoms with Crippen LogP contribution in [-0.4, -0.2) is 10.1 Å². The summed E-state index contributed by atoms with van der Waals surface area (Å²) in [5.41, 5.74) is 2.02. The summed E-state index contributed by atoms with van der Waals surface area (Å²) in [6, 6.07) is 5.88. The smallest absolute Gasteiger partial charge is 0.120 e. The van der Waals surface area contributed by atoms with Gasteiger partial charge in [-0.1, -0.05) is 22.9 Å². The second-order valence-electron chi connectivity index (χ2n) is 5.23. The van der Waals surface area contributed by atoms with Crippen molar-refractivity contribution in [2.75, 3.05) is 0 Å². The maximum Gasteiger partial charge on any atom is 0.120 e. The molecule has 0 saturated carbocycles. The molecule has 1 heterocycles. The first-order valence-electron chi connectivity index (χ1n) is 7.10. The van der Waals surface area contributed by atoms with Crippen molar-refractivity contribution in [2.24, 2.45) is 0 Å². The second kappa shape index (κ2) is 6.90. The zero-order chi connectivity index (χ0) is 15.6.